The third-order valence-electron chi connectivity index (χ3n) is 3.17. The SMILES string of the molecule is CCC(CC)C(O)CNC(=O)c1cccc(O)c1. The lowest BCUT2D eigenvalue weighted by molar-refractivity contribution is 0.0816. The molecule has 0 radical (unpaired) electrons. The second kappa shape index (κ2) is 7.01. The smallest absolute Gasteiger partial charge is 0.251 e. The number of benzene rings is 1. The van der Waals surface area contributed by atoms with Gasteiger partial charge in [0.1, 0.15) is 5.75 Å². The fraction of sp³-hybridized carbons (Fsp3) is 0.500. The summed E-state index contributed by atoms with van der Waals surface area (Å²) >= 11 is 0. The van der Waals surface area contributed by atoms with Gasteiger partial charge in [-0.05, 0) is 24.1 Å². The Bertz CT molecular complexity index is 388. The predicted octanol–water partition coefficient (Wildman–Crippen LogP) is 1.92. The van der Waals surface area contributed by atoms with Gasteiger partial charge in [-0.1, -0.05) is 32.8 Å². The van der Waals surface area contributed by atoms with Crippen molar-refractivity contribution in [2.75, 3.05) is 6.54 Å². The van der Waals surface area contributed by atoms with E-state index in [-0.39, 0.29) is 24.1 Å². The highest BCUT2D eigenvalue weighted by Crippen LogP contribution is 2.13. The normalized spacial score (nSPS) is 12.4. The zero-order valence-electron chi connectivity index (χ0n) is 10.9. The Hall–Kier alpha value is -1.55. The Balaban J connectivity index is 2.51. The highest BCUT2D eigenvalue weighted by molar-refractivity contribution is 5.94. The van der Waals surface area contributed by atoms with Crippen LogP contribution in [0.4, 0.5) is 0 Å². The molecule has 1 aromatic rings. The summed E-state index contributed by atoms with van der Waals surface area (Å²) in [5.41, 5.74) is 0.395. The predicted molar refractivity (Wildman–Crippen MR) is 70.5 cm³/mol. The minimum absolute atomic E-state index is 0.0585. The lowest BCUT2D eigenvalue weighted by atomic mass is 9.96. The van der Waals surface area contributed by atoms with Crippen molar-refractivity contribution in [3.05, 3.63) is 29.8 Å². The van der Waals surface area contributed by atoms with Crippen LogP contribution in [0.15, 0.2) is 24.3 Å². The highest BCUT2D eigenvalue weighted by atomic mass is 16.3. The van der Waals surface area contributed by atoms with Crippen molar-refractivity contribution in [1.29, 1.82) is 0 Å². The van der Waals surface area contributed by atoms with E-state index in [0.717, 1.165) is 12.8 Å². The third kappa shape index (κ3) is 4.04. The van der Waals surface area contributed by atoms with Crippen molar-refractivity contribution in [2.45, 2.75) is 32.8 Å². The molecule has 0 bridgehead atoms. The number of aromatic hydroxyl groups is 1. The molecule has 1 amide bonds. The van der Waals surface area contributed by atoms with E-state index >= 15 is 0 Å². The van der Waals surface area contributed by atoms with Gasteiger partial charge < -0.3 is 15.5 Å². The van der Waals surface area contributed by atoms with E-state index in [4.69, 9.17) is 0 Å². The van der Waals surface area contributed by atoms with Crippen LogP contribution in [-0.2, 0) is 0 Å². The van der Waals surface area contributed by atoms with Gasteiger partial charge in [0.2, 0.25) is 0 Å². The molecule has 1 aromatic carbocycles. The van der Waals surface area contributed by atoms with Crippen LogP contribution in [0.2, 0.25) is 0 Å². The van der Waals surface area contributed by atoms with Gasteiger partial charge in [-0.3, -0.25) is 4.79 Å². The van der Waals surface area contributed by atoms with Gasteiger partial charge in [-0.2, -0.15) is 0 Å². The van der Waals surface area contributed by atoms with Crippen molar-refractivity contribution >= 4 is 5.91 Å². The fourth-order valence-corrected chi connectivity index (χ4v) is 1.95. The van der Waals surface area contributed by atoms with Crippen molar-refractivity contribution in [3.8, 4) is 5.75 Å². The van der Waals surface area contributed by atoms with Gasteiger partial charge >= 0.3 is 0 Å². The summed E-state index contributed by atoms with van der Waals surface area (Å²) in [6, 6.07) is 6.15. The number of hydrogen-bond donors (Lipinski definition) is 3. The summed E-state index contributed by atoms with van der Waals surface area (Å²) in [6.45, 7) is 4.28. The Morgan fingerprint density at radius 2 is 2.00 bits per heavy atom. The maximum absolute atomic E-state index is 11.8. The maximum atomic E-state index is 11.8. The molecule has 0 saturated carbocycles. The molecule has 0 aliphatic carbocycles. The molecule has 0 aliphatic rings. The number of carbonyl (C=O) groups excluding carboxylic acids is 1. The van der Waals surface area contributed by atoms with E-state index in [1.807, 2.05) is 13.8 Å². The summed E-state index contributed by atoms with van der Waals surface area (Å²) in [7, 11) is 0. The van der Waals surface area contributed by atoms with Crippen molar-refractivity contribution < 1.29 is 15.0 Å². The number of aliphatic hydroxyl groups excluding tert-OH is 1. The van der Waals surface area contributed by atoms with Crippen LogP contribution in [-0.4, -0.2) is 28.8 Å². The van der Waals surface area contributed by atoms with Crippen LogP contribution >= 0.6 is 0 Å². The average Bonchev–Trinajstić information content (AvgIpc) is 2.37. The number of amides is 1. The molecular weight excluding hydrogens is 230 g/mol. The molecule has 0 saturated heterocycles. The van der Waals surface area contributed by atoms with Crippen LogP contribution in [0, 0.1) is 5.92 Å². The van der Waals surface area contributed by atoms with Gasteiger partial charge in [0, 0.05) is 12.1 Å². The van der Waals surface area contributed by atoms with Crippen molar-refractivity contribution in [2.24, 2.45) is 5.92 Å². The van der Waals surface area contributed by atoms with E-state index in [9.17, 15) is 15.0 Å². The van der Waals surface area contributed by atoms with Crippen molar-refractivity contribution in [3.63, 3.8) is 0 Å². The molecule has 0 fully saturated rings. The number of carbonyl (C=O) groups is 1. The van der Waals surface area contributed by atoms with Gasteiger partial charge in [0.25, 0.3) is 5.91 Å². The lowest BCUT2D eigenvalue weighted by Crippen LogP contribution is -2.36. The summed E-state index contributed by atoms with van der Waals surface area (Å²) in [4.78, 5) is 11.8. The number of nitrogens with one attached hydrogen (secondary N) is 1. The first-order chi connectivity index (χ1) is 8.58. The van der Waals surface area contributed by atoms with Gasteiger partial charge in [-0.25, -0.2) is 0 Å². The first-order valence-electron chi connectivity index (χ1n) is 6.33. The summed E-state index contributed by atoms with van der Waals surface area (Å²) in [6.07, 6.45) is 1.25. The molecular formula is C14H21NO3. The van der Waals surface area contributed by atoms with Gasteiger partial charge in [0.05, 0.1) is 6.10 Å². The van der Waals surface area contributed by atoms with Crippen LogP contribution in [0.3, 0.4) is 0 Å². The zero-order chi connectivity index (χ0) is 13.5. The summed E-state index contributed by atoms with van der Waals surface area (Å²) in [5, 5.41) is 21.8. The van der Waals surface area contributed by atoms with E-state index in [2.05, 4.69) is 5.32 Å². The lowest BCUT2D eigenvalue weighted by Gasteiger charge is -2.20. The Kier molecular flexibility index (Phi) is 5.65. The fourth-order valence-electron chi connectivity index (χ4n) is 1.95. The van der Waals surface area contributed by atoms with Crippen molar-refractivity contribution in [1.82, 2.24) is 5.32 Å². The molecule has 4 nitrogen and oxygen atoms in total. The van der Waals surface area contributed by atoms with E-state index in [1.54, 1.807) is 12.1 Å². The molecule has 1 rings (SSSR count). The zero-order valence-corrected chi connectivity index (χ0v) is 10.9. The van der Waals surface area contributed by atoms with Crippen LogP contribution in [0.25, 0.3) is 0 Å². The van der Waals surface area contributed by atoms with E-state index < -0.39 is 6.10 Å². The maximum Gasteiger partial charge on any atom is 0.251 e. The molecule has 0 aromatic heterocycles. The quantitative estimate of drug-likeness (QED) is 0.723. The number of rotatable bonds is 6. The average molecular weight is 251 g/mol. The number of aliphatic hydroxyl groups is 1. The molecule has 1 atom stereocenters. The molecule has 3 N–H and O–H groups in total. The highest BCUT2D eigenvalue weighted by Gasteiger charge is 2.16. The minimum Gasteiger partial charge on any atom is -0.508 e. The monoisotopic (exact) mass is 251 g/mol. The molecule has 1 unspecified atom stereocenters. The van der Waals surface area contributed by atoms with Crippen LogP contribution in [0.1, 0.15) is 37.0 Å². The Labute approximate surface area is 108 Å². The largest absolute Gasteiger partial charge is 0.508 e. The topological polar surface area (TPSA) is 69.6 Å². The van der Waals surface area contributed by atoms with Crippen LogP contribution < -0.4 is 5.32 Å². The van der Waals surface area contributed by atoms with Gasteiger partial charge in [0.15, 0.2) is 0 Å². The molecule has 0 aliphatic heterocycles. The standard InChI is InChI=1S/C14H21NO3/c1-3-10(4-2)13(17)9-15-14(18)11-6-5-7-12(16)8-11/h5-8,10,13,16-17H,3-4,9H2,1-2H3,(H,15,18). The Morgan fingerprint density at radius 1 is 1.33 bits per heavy atom. The summed E-state index contributed by atoms with van der Waals surface area (Å²) in [5.74, 6) is -0.0198. The first-order valence-corrected chi connectivity index (χ1v) is 6.33. The van der Waals surface area contributed by atoms with Gasteiger partial charge in [-0.15, -0.1) is 0 Å². The first kappa shape index (κ1) is 14.5. The second-order valence-corrected chi connectivity index (χ2v) is 4.40. The molecule has 18 heavy (non-hydrogen) atoms. The molecule has 4 heteroatoms. The number of phenols is 1. The number of hydrogen-bond acceptors (Lipinski definition) is 3. The second-order valence-electron chi connectivity index (χ2n) is 4.40. The molecule has 0 heterocycles. The third-order valence-corrected chi connectivity index (χ3v) is 3.17. The number of phenolic OH excluding ortho intramolecular Hbond substituents is 1. The molecule has 0 spiro atoms. The van der Waals surface area contributed by atoms with E-state index in [1.165, 1.54) is 12.1 Å². The summed E-state index contributed by atoms with van der Waals surface area (Å²) < 4.78 is 0. The Morgan fingerprint density at radius 3 is 2.56 bits per heavy atom. The van der Waals surface area contributed by atoms with Crippen LogP contribution in [0.5, 0.6) is 5.75 Å². The molecule has 100 valence electrons. The minimum atomic E-state index is -0.527. The van der Waals surface area contributed by atoms with E-state index in [0.29, 0.717) is 5.56 Å².